The van der Waals surface area contributed by atoms with Crippen LogP contribution in [-0.2, 0) is 19.1 Å². The summed E-state index contributed by atoms with van der Waals surface area (Å²) in [6.07, 6.45) is 1.68. The number of nitrogens with zero attached hydrogens (tertiary/aromatic N) is 2. The van der Waals surface area contributed by atoms with Crippen LogP contribution in [0.3, 0.4) is 0 Å². The highest BCUT2D eigenvalue weighted by molar-refractivity contribution is 5.91. The Labute approximate surface area is 152 Å². The van der Waals surface area contributed by atoms with Crippen molar-refractivity contribution in [3.05, 3.63) is 0 Å². The van der Waals surface area contributed by atoms with Crippen molar-refractivity contribution in [2.45, 2.75) is 64.1 Å². The van der Waals surface area contributed by atoms with Crippen LogP contribution >= 0.6 is 0 Å². The molecule has 2 rings (SSSR count). The maximum Gasteiger partial charge on any atom is 0.410 e. The molecule has 26 heavy (non-hydrogen) atoms. The fourth-order valence-corrected chi connectivity index (χ4v) is 3.28. The number of carboxylic acid groups (broad SMARTS) is 1. The molecule has 2 heterocycles. The summed E-state index contributed by atoms with van der Waals surface area (Å²) in [5, 5.41) is 11.7. The molecule has 0 aromatic heterocycles. The molecule has 2 atom stereocenters. The molecule has 2 unspecified atom stereocenters. The van der Waals surface area contributed by atoms with E-state index < -0.39 is 41.6 Å². The van der Waals surface area contributed by atoms with E-state index in [1.807, 2.05) is 0 Å². The molecule has 2 aliphatic rings. The van der Waals surface area contributed by atoms with Gasteiger partial charge in [0, 0.05) is 13.1 Å². The minimum Gasteiger partial charge on any atom is -0.480 e. The Kier molecular flexibility index (Phi) is 6.09. The van der Waals surface area contributed by atoms with Crippen LogP contribution in [0.15, 0.2) is 0 Å². The molecule has 0 bridgehead atoms. The van der Waals surface area contributed by atoms with Crippen molar-refractivity contribution in [3.63, 3.8) is 0 Å². The molecule has 2 fully saturated rings. The smallest absolute Gasteiger partial charge is 0.410 e. The van der Waals surface area contributed by atoms with Crippen LogP contribution in [0.1, 0.15) is 46.5 Å². The number of carboxylic acids is 1. The van der Waals surface area contributed by atoms with E-state index in [1.54, 1.807) is 20.8 Å². The summed E-state index contributed by atoms with van der Waals surface area (Å²) in [5.41, 5.74) is -0.655. The van der Waals surface area contributed by atoms with Gasteiger partial charge in [0.1, 0.15) is 17.7 Å². The largest absolute Gasteiger partial charge is 0.480 e. The molecule has 0 spiro atoms. The summed E-state index contributed by atoms with van der Waals surface area (Å²) in [4.78, 5) is 50.7. The first-order valence-corrected chi connectivity index (χ1v) is 8.90. The van der Waals surface area contributed by atoms with Gasteiger partial charge in [0.15, 0.2) is 0 Å². The third kappa shape index (κ3) is 4.86. The zero-order valence-corrected chi connectivity index (χ0v) is 15.5. The number of likely N-dealkylation sites (tertiary alicyclic amines) is 2. The number of nitrogens with one attached hydrogen (secondary N) is 1. The van der Waals surface area contributed by atoms with E-state index in [-0.39, 0.29) is 6.54 Å². The van der Waals surface area contributed by atoms with Crippen molar-refractivity contribution in [1.29, 1.82) is 0 Å². The molecule has 9 heteroatoms. The standard InChI is InChI=1S/C17H27N3O6/c1-17(2,3)26-16(25)20-9-4-6-11(20)14(22)18-10-13(21)19-8-5-7-12(19)15(23)24/h11-12H,4-10H2,1-3H3,(H,18,22)(H,23,24). The summed E-state index contributed by atoms with van der Waals surface area (Å²) in [6.45, 7) is 5.78. The maximum atomic E-state index is 12.4. The number of rotatable bonds is 4. The van der Waals surface area contributed by atoms with Crippen molar-refractivity contribution in [2.24, 2.45) is 0 Å². The molecular formula is C17H27N3O6. The van der Waals surface area contributed by atoms with E-state index in [2.05, 4.69) is 5.32 Å². The zero-order chi connectivity index (χ0) is 19.5. The average molecular weight is 369 g/mol. The monoisotopic (exact) mass is 369 g/mol. The van der Waals surface area contributed by atoms with E-state index in [9.17, 15) is 19.2 Å². The van der Waals surface area contributed by atoms with E-state index in [1.165, 1.54) is 9.80 Å². The van der Waals surface area contributed by atoms with Crippen molar-refractivity contribution >= 4 is 23.9 Å². The van der Waals surface area contributed by atoms with E-state index in [0.717, 1.165) is 0 Å². The fourth-order valence-electron chi connectivity index (χ4n) is 3.28. The van der Waals surface area contributed by atoms with Crippen LogP contribution in [-0.4, -0.2) is 76.1 Å². The predicted octanol–water partition coefficient (Wildman–Crippen LogP) is 0.578. The minimum absolute atomic E-state index is 0.277. The number of carbonyl (C=O) groups excluding carboxylic acids is 3. The third-order valence-corrected chi connectivity index (χ3v) is 4.46. The van der Waals surface area contributed by atoms with Crippen LogP contribution in [0.25, 0.3) is 0 Å². The lowest BCUT2D eigenvalue weighted by atomic mass is 10.2. The summed E-state index contributed by atoms with van der Waals surface area (Å²) in [5.74, 6) is -1.88. The van der Waals surface area contributed by atoms with Gasteiger partial charge in [0.2, 0.25) is 11.8 Å². The lowest BCUT2D eigenvalue weighted by molar-refractivity contribution is -0.148. The van der Waals surface area contributed by atoms with Gasteiger partial charge in [0.25, 0.3) is 0 Å². The molecule has 0 saturated carbocycles. The van der Waals surface area contributed by atoms with Gasteiger partial charge < -0.3 is 20.1 Å². The first-order chi connectivity index (χ1) is 12.1. The Balaban J connectivity index is 1.89. The van der Waals surface area contributed by atoms with Crippen molar-refractivity contribution in [2.75, 3.05) is 19.6 Å². The zero-order valence-electron chi connectivity index (χ0n) is 15.5. The van der Waals surface area contributed by atoms with Gasteiger partial charge in [-0.2, -0.15) is 0 Å². The van der Waals surface area contributed by atoms with Crippen LogP contribution in [0.5, 0.6) is 0 Å². The minimum atomic E-state index is -1.03. The number of aliphatic carboxylic acids is 1. The van der Waals surface area contributed by atoms with Crippen LogP contribution in [0.4, 0.5) is 4.79 Å². The molecule has 0 radical (unpaired) electrons. The van der Waals surface area contributed by atoms with Gasteiger partial charge in [-0.1, -0.05) is 0 Å². The Morgan fingerprint density at radius 2 is 1.62 bits per heavy atom. The second-order valence-electron chi connectivity index (χ2n) is 7.63. The number of amides is 3. The molecular weight excluding hydrogens is 342 g/mol. The van der Waals surface area contributed by atoms with Crippen LogP contribution in [0, 0.1) is 0 Å². The van der Waals surface area contributed by atoms with Gasteiger partial charge in [-0.05, 0) is 46.5 Å². The number of hydrogen-bond donors (Lipinski definition) is 2. The maximum absolute atomic E-state index is 12.4. The first kappa shape index (κ1) is 20.0. The molecule has 0 aliphatic carbocycles. The van der Waals surface area contributed by atoms with Gasteiger partial charge >= 0.3 is 12.1 Å². The molecule has 0 aromatic rings. The van der Waals surface area contributed by atoms with Crippen LogP contribution in [0.2, 0.25) is 0 Å². The second kappa shape index (κ2) is 7.92. The number of ether oxygens (including phenoxy) is 1. The Hall–Kier alpha value is -2.32. The van der Waals surface area contributed by atoms with E-state index in [4.69, 9.17) is 9.84 Å². The van der Waals surface area contributed by atoms with Gasteiger partial charge in [-0.25, -0.2) is 9.59 Å². The summed E-state index contributed by atoms with van der Waals surface area (Å²) in [7, 11) is 0. The normalized spacial score (nSPS) is 23.0. The predicted molar refractivity (Wildman–Crippen MR) is 91.3 cm³/mol. The lowest BCUT2D eigenvalue weighted by Crippen LogP contribution is -2.50. The number of hydrogen-bond acceptors (Lipinski definition) is 5. The lowest BCUT2D eigenvalue weighted by Gasteiger charge is -2.28. The highest BCUT2D eigenvalue weighted by Crippen LogP contribution is 2.21. The highest BCUT2D eigenvalue weighted by Gasteiger charge is 2.38. The highest BCUT2D eigenvalue weighted by atomic mass is 16.6. The molecule has 9 nitrogen and oxygen atoms in total. The molecule has 2 N–H and O–H groups in total. The Morgan fingerprint density at radius 3 is 2.19 bits per heavy atom. The second-order valence-corrected chi connectivity index (χ2v) is 7.63. The molecule has 2 saturated heterocycles. The number of carbonyl (C=O) groups is 4. The Morgan fingerprint density at radius 1 is 1.04 bits per heavy atom. The third-order valence-electron chi connectivity index (χ3n) is 4.46. The SMILES string of the molecule is CC(C)(C)OC(=O)N1CCCC1C(=O)NCC(=O)N1CCCC1C(=O)O. The Bertz CT molecular complexity index is 586. The van der Waals surface area contributed by atoms with Crippen molar-refractivity contribution < 1.29 is 29.0 Å². The first-order valence-electron chi connectivity index (χ1n) is 8.90. The average Bonchev–Trinajstić information content (AvgIpc) is 3.18. The van der Waals surface area contributed by atoms with E-state index in [0.29, 0.717) is 38.8 Å². The van der Waals surface area contributed by atoms with Gasteiger partial charge in [0.05, 0.1) is 6.54 Å². The molecule has 146 valence electrons. The van der Waals surface area contributed by atoms with Crippen LogP contribution < -0.4 is 5.32 Å². The summed E-state index contributed by atoms with van der Waals surface area (Å²) in [6, 6.07) is -1.50. The molecule has 3 amide bonds. The molecule has 0 aromatic carbocycles. The van der Waals surface area contributed by atoms with E-state index >= 15 is 0 Å². The quantitative estimate of drug-likeness (QED) is 0.749. The van der Waals surface area contributed by atoms with Crippen molar-refractivity contribution in [3.8, 4) is 0 Å². The topological polar surface area (TPSA) is 116 Å². The molecule has 2 aliphatic heterocycles. The van der Waals surface area contributed by atoms with Gasteiger partial charge in [-0.3, -0.25) is 14.5 Å². The van der Waals surface area contributed by atoms with Gasteiger partial charge in [-0.15, -0.1) is 0 Å². The fraction of sp³-hybridized carbons (Fsp3) is 0.765. The summed E-state index contributed by atoms with van der Waals surface area (Å²) >= 11 is 0. The summed E-state index contributed by atoms with van der Waals surface area (Å²) < 4.78 is 5.32. The van der Waals surface area contributed by atoms with Crippen molar-refractivity contribution in [1.82, 2.24) is 15.1 Å².